The monoisotopic (exact) mass is 406 g/mol. The molecule has 6 nitrogen and oxygen atoms in total. The summed E-state index contributed by atoms with van der Waals surface area (Å²) in [5.74, 6) is -0.421. The maximum Gasteiger partial charge on any atom is 0.278 e. The molecule has 152 valence electrons. The molecule has 2 amide bonds. The van der Waals surface area contributed by atoms with Gasteiger partial charge < -0.3 is 14.5 Å². The summed E-state index contributed by atoms with van der Waals surface area (Å²) >= 11 is 0. The molecule has 0 saturated heterocycles. The maximum absolute atomic E-state index is 13.4. The number of ether oxygens (including phenoxy) is 1. The van der Waals surface area contributed by atoms with Crippen molar-refractivity contribution in [2.24, 2.45) is 0 Å². The molecule has 4 rings (SSSR count). The van der Waals surface area contributed by atoms with E-state index in [0.717, 1.165) is 10.5 Å². The predicted octanol–water partition coefficient (Wildman–Crippen LogP) is 4.13. The van der Waals surface area contributed by atoms with Crippen LogP contribution in [0.1, 0.15) is 16.9 Å². The average molecular weight is 406 g/mol. The van der Waals surface area contributed by atoms with Crippen LogP contribution in [0.3, 0.4) is 0 Å². The first kappa shape index (κ1) is 19.4. The smallest absolute Gasteiger partial charge is 0.278 e. The van der Waals surface area contributed by atoms with Gasteiger partial charge in [-0.1, -0.05) is 18.2 Å². The number of carbonyl (C=O) groups is 2. The summed E-state index contributed by atoms with van der Waals surface area (Å²) in [6.45, 7) is 1.90. The summed E-state index contributed by atoms with van der Waals surface area (Å²) in [5.41, 5.74) is 2.20. The maximum atomic E-state index is 13.4. The van der Waals surface area contributed by atoms with E-state index in [0.29, 0.717) is 22.8 Å². The summed E-state index contributed by atoms with van der Waals surface area (Å²) in [6, 6.07) is 14.3. The van der Waals surface area contributed by atoms with Gasteiger partial charge in [-0.2, -0.15) is 0 Å². The van der Waals surface area contributed by atoms with Crippen molar-refractivity contribution in [2.75, 3.05) is 12.4 Å². The van der Waals surface area contributed by atoms with E-state index in [9.17, 15) is 14.0 Å². The molecule has 2 aromatic carbocycles. The number of rotatable bonds is 6. The predicted molar refractivity (Wildman–Crippen MR) is 109 cm³/mol. The summed E-state index contributed by atoms with van der Waals surface area (Å²) in [6.07, 6.45) is 1.48. The molecule has 1 N–H and O–H groups in total. The molecule has 0 spiro atoms. The van der Waals surface area contributed by atoms with E-state index >= 15 is 0 Å². The first-order valence-corrected chi connectivity index (χ1v) is 9.28. The Morgan fingerprint density at radius 3 is 2.50 bits per heavy atom. The normalized spacial score (nSPS) is 13.9. The third-order valence-electron chi connectivity index (χ3n) is 4.81. The Kier molecular flexibility index (Phi) is 5.10. The number of anilines is 1. The molecule has 2 heterocycles. The zero-order chi connectivity index (χ0) is 21.3. The van der Waals surface area contributed by atoms with Gasteiger partial charge in [-0.25, -0.2) is 4.39 Å². The van der Waals surface area contributed by atoms with Gasteiger partial charge >= 0.3 is 0 Å². The highest BCUT2D eigenvalue weighted by Crippen LogP contribution is 2.34. The minimum Gasteiger partial charge on any atom is -0.495 e. The molecule has 3 aromatic rings. The van der Waals surface area contributed by atoms with Crippen LogP contribution in [0.25, 0.3) is 5.57 Å². The number of halogens is 1. The molecule has 0 atom stereocenters. The molecular formula is C23H19FN2O4. The van der Waals surface area contributed by atoms with Crippen molar-refractivity contribution >= 4 is 23.1 Å². The van der Waals surface area contributed by atoms with Crippen molar-refractivity contribution < 1.29 is 23.1 Å². The third-order valence-corrected chi connectivity index (χ3v) is 4.81. The number of aryl methyl sites for hydroxylation is 1. The van der Waals surface area contributed by atoms with Crippen molar-refractivity contribution in [3.63, 3.8) is 0 Å². The molecule has 30 heavy (non-hydrogen) atoms. The minimum absolute atomic E-state index is 0.00844. The van der Waals surface area contributed by atoms with E-state index in [-0.39, 0.29) is 17.8 Å². The number of nitrogens with zero attached hydrogens (tertiary/aromatic N) is 1. The number of hydrogen-bond acceptors (Lipinski definition) is 5. The number of imide groups is 1. The summed E-state index contributed by atoms with van der Waals surface area (Å²) in [7, 11) is 1.52. The number of hydrogen-bond donors (Lipinski definition) is 1. The van der Waals surface area contributed by atoms with Crippen molar-refractivity contribution in [2.45, 2.75) is 13.5 Å². The number of benzene rings is 2. The van der Waals surface area contributed by atoms with Crippen LogP contribution in [0.15, 0.2) is 71.0 Å². The number of nitrogens with one attached hydrogen (secondary N) is 1. The summed E-state index contributed by atoms with van der Waals surface area (Å²) in [5, 5.41) is 3.07. The van der Waals surface area contributed by atoms with Crippen molar-refractivity contribution in [3.8, 4) is 5.75 Å². The first-order valence-electron chi connectivity index (χ1n) is 9.28. The van der Waals surface area contributed by atoms with Crippen molar-refractivity contribution in [1.82, 2.24) is 4.90 Å². The third kappa shape index (κ3) is 3.57. The summed E-state index contributed by atoms with van der Waals surface area (Å²) in [4.78, 5) is 27.5. The van der Waals surface area contributed by atoms with Gasteiger partial charge in [0, 0.05) is 0 Å². The van der Waals surface area contributed by atoms with Crippen LogP contribution < -0.4 is 10.1 Å². The van der Waals surface area contributed by atoms with Gasteiger partial charge in [-0.3, -0.25) is 14.5 Å². The molecular weight excluding hydrogens is 387 g/mol. The van der Waals surface area contributed by atoms with Crippen LogP contribution in [0.4, 0.5) is 10.1 Å². The largest absolute Gasteiger partial charge is 0.495 e. The Hall–Kier alpha value is -3.87. The van der Waals surface area contributed by atoms with Crippen molar-refractivity contribution in [3.05, 3.63) is 89.3 Å². The molecule has 1 aromatic heterocycles. The highest BCUT2D eigenvalue weighted by Gasteiger charge is 2.40. The Morgan fingerprint density at radius 1 is 1.07 bits per heavy atom. The molecule has 0 fully saturated rings. The van der Waals surface area contributed by atoms with E-state index in [2.05, 4.69) is 5.32 Å². The van der Waals surface area contributed by atoms with Crippen LogP contribution in [0.5, 0.6) is 5.75 Å². The zero-order valence-electron chi connectivity index (χ0n) is 16.4. The number of furan rings is 1. The van der Waals surface area contributed by atoms with E-state index in [4.69, 9.17) is 9.15 Å². The second-order valence-corrected chi connectivity index (χ2v) is 6.86. The molecule has 7 heteroatoms. The Morgan fingerprint density at radius 2 is 1.83 bits per heavy atom. The first-order chi connectivity index (χ1) is 14.5. The van der Waals surface area contributed by atoms with Crippen LogP contribution in [0.2, 0.25) is 0 Å². The lowest BCUT2D eigenvalue weighted by atomic mass is 10.0. The molecule has 1 aliphatic rings. The fraction of sp³-hybridized carbons (Fsp3) is 0.130. The van der Waals surface area contributed by atoms with Crippen LogP contribution >= 0.6 is 0 Å². The van der Waals surface area contributed by atoms with Gasteiger partial charge in [-0.05, 0) is 54.4 Å². The lowest BCUT2D eigenvalue weighted by molar-refractivity contribution is -0.137. The summed E-state index contributed by atoms with van der Waals surface area (Å²) < 4.78 is 24.1. The van der Waals surface area contributed by atoms with E-state index in [1.165, 1.54) is 37.6 Å². The number of amides is 2. The lowest BCUT2D eigenvalue weighted by Gasteiger charge is -2.15. The Bertz CT molecular complexity index is 1130. The molecule has 1 aliphatic heterocycles. The minimum atomic E-state index is -0.501. The molecule has 0 unspecified atom stereocenters. The van der Waals surface area contributed by atoms with E-state index < -0.39 is 17.6 Å². The highest BCUT2D eigenvalue weighted by molar-refractivity contribution is 6.36. The zero-order valence-corrected chi connectivity index (χ0v) is 16.4. The van der Waals surface area contributed by atoms with Gasteiger partial charge in [0.05, 0.1) is 31.2 Å². The van der Waals surface area contributed by atoms with Gasteiger partial charge in [0.1, 0.15) is 23.0 Å². The highest BCUT2D eigenvalue weighted by atomic mass is 19.1. The van der Waals surface area contributed by atoms with Crippen molar-refractivity contribution in [1.29, 1.82) is 0 Å². The lowest BCUT2D eigenvalue weighted by Crippen LogP contribution is -2.31. The second-order valence-electron chi connectivity index (χ2n) is 6.86. The molecule has 0 radical (unpaired) electrons. The average Bonchev–Trinajstić information content (AvgIpc) is 3.32. The molecule has 0 aliphatic carbocycles. The fourth-order valence-corrected chi connectivity index (χ4v) is 3.33. The number of carbonyl (C=O) groups excluding carboxylic acids is 2. The van der Waals surface area contributed by atoms with Gasteiger partial charge in [-0.15, -0.1) is 0 Å². The quantitative estimate of drug-likeness (QED) is 0.624. The van der Waals surface area contributed by atoms with Crippen LogP contribution in [-0.4, -0.2) is 23.8 Å². The Labute approximate surface area is 172 Å². The van der Waals surface area contributed by atoms with Gasteiger partial charge in [0.25, 0.3) is 11.8 Å². The Balaban J connectivity index is 1.79. The van der Waals surface area contributed by atoms with E-state index in [1.807, 2.05) is 19.1 Å². The van der Waals surface area contributed by atoms with Gasteiger partial charge in [0.15, 0.2) is 0 Å². The standard InChI is InChI=1S/C23H19FN2O4/c1-14-5-10-19(29-2)18(12-14)25-21-20(15-6-8-16(24)9-7-15)22(27)26(23(21)28)13-17-4-3-11-30-17/h3-12,25H,13H2,1-2H3. The van der Waals surface area contributed by atoms with Gasteiger partial charge in [0.2, 0.25) is 0 Å². The fourth-order valence-electron chi connectivity index (χ4n) is 3.33. The molecule has 0 bridgehead atoms. The number of methoxy groups -OCH3 is 1. The molecule has 0 saturated carbocycles. The van der Waals surface area contributed by atoms with E-state index in [1.54, 1.807) is 18.2 Å². The SMILES string of the molecule is COc1ccc(C)cc1NC1=C(c2ccc(F)cc2)C(=O)N(Cc2ccco2)C1=O. The van der Waals surface area contributed by atoms with Crippen LogP contribution in [-0.2, 0) is 16.1 Å². The van der Waals surface area contributed by atoms with Crippen LogP contribution in [0, 0.1) is 12.7 Å². The second kappa shape index (κ2) is 7.87. The topological polar surface area (TPSA) is 71.8 Å².